The number of hydrogen-bond acceptors (Lipinski definition) is 3. The van der Waals surface area contributed by atoms with Gasteiger partial charge in [0.2, 0.25) is 0 Å². The van der Waals surface area contributed by atoms with E-state index in [0.717, 1.165) is 17.1 Å². The van der Waals surface area contributed by atoms with Gasteiger partial charge >= 0.3 is 0 Å². The average molecular weight is 239 g/mol. The average Bonchev–Trinajstić information content (AvgIpc) is 2.34. The highest BCUT2D eigenvalue weighted by atomic mass is 32.2. The summed E-state index contributed by atoms with van der Waals surface area (Å²) in [5, 5.41) is 13.3. The monoisotopic (exact) mass is 239 g/mol. The smallest absolute Gasteiger partial charge is 0.0914 e. The van der Waals surface area contributed by atoms with Crippen LogP contribution in [0.15, 0.2) is 30.3 Å². The van der Waals surface area contributed by atoms with E-state index < -0.39 is 6.10 Å². The summed E-state index contributed by atoms with van der Waals surface area (Å²) >= 11 is 1.92. The lowest BCUT2D eigenvalue weighted by Gasteiger charge is -2.16. The summed E-state index contributed by atoms with van der Waals surface area (Å²) < 4.78 is 0. The second kappa shape index (κ2) is 7.71. The third-order valence-corrected chi connectivity index (χ3v) is 3.56. The number of nitrogens with one attached hydrogen (secondary N) is 1. The summed E-state index contributed by atoms with van der Waals surface area (Å²) in [6.45, 7) is 4.94. The predicted octanol–water partition coefficient (Wildman–Crippen LogP) is 2.45. The molecule has 0 fully saturated rings. The number of benzene rings is 1. The Kier molecular flexibility index (Phi) is 6.53. The summed E-state index contributed by atoms with van der Waals surface area (Å²) in [4.78, 5) is 0. The van der Waals surface area contributed by atoms with Gasteiger partial charge in [-0.2, -0.15) is 11.8 Å². The Hall–Kier alpha value is -0.510. The number of aliphatic hydroxyl groups is 1. The van der Waals surface area contributed by atoms with E-state index in [-0.39, 0.29) is 0 Å². The molecule has 3 heteroatoms. The van der Waals surface area contributed by atoms with Crippen molar-refractivity contribution in [1.82, 2.24) is 5.32 Å². The molecule has 0 aromatic heterocycles. The zero-order valence-electron chi connectivity index (χ0n) is 10.0. The molecule has 2 atom stereocenters. The molecule has 0 aliphatic heterocycles. The van der Waals surface area contributed by atoms with Crippen molar-refractivity contribution in [2.75, 3.05) is 18.1 Å². The van der Waals surface area contributed by atoms with E-state index in [9.17, 15) is 5.11 Å². The van der Waals surface area contributed by atoms with Crippen LogP contribution in [0, 0.1) is 0 Å². The van der Waals surface area contributed by atoms with Crippen LogP contribution in [0.3, 0.4) is 0 Å². The Morgan fingerprint density at radius 1 is 1.31 bits per heavy atom. The highest BCUT2D eigenvalue weighted by Gasteiger charge is 2.08. The van der Waals surface area contributed by atoms with E-state index in [0.29, 0.717) is 12.6 Å². The molecule has 1 rings (SSSR count). The minimum atomic E-state index is -0.407. The molecule has 0 heterocycles. The first-order valence-corrected chi connectivity index (χ1v) is 6.93. The molecule has 1 aromatic rings. The van der Waals surface area contributed by atoms with Crippen LogP contribution in [0.5, 0.6) is 0 Å². The van der Waals surface area contributed by atoms with Crippen molar-refractivity contribution in [2.24, 2.45) is 0 Å². The van der Waals surface area contributed by atoms with Crippen molar-refractivity contribution in [2.45, 2.75) is 26.0 Å². The minimum absolute atomic E-state index is 0.407. The van der Waals surface area contributed by atoms with Gasteiger partial charge < -0.3 is 10.4 Å². The third-order valence-electron chi connectivity index (χ3n) is 2.42. The highest BCUT2D eigenvalue weighted by Crippen LogP contribution is 2.11. The van der Waals surface area contributed by atoms with Crippen molar-refractivity contribution in [3.8, 4) is 0 Å². The molecule has 16 heavy (non-hydrogen) atoms. The largest absolute Gasteiger partial charge is 0.387 e. The van der Waals surface area contributed by atoms with Crippen LogP contribution < -0.4 is 5.32 Å². The maximum absolute atomic E-state index is 9.93. The summed E-state index contributed by atoms with van der Waals surface area (Å²) in [7, 11) is 0. The Bertz CT molecular complexity index is 279. The Morgan fingerprint density at radius 3 is 2.62 bits per heavy atom. The maximum atomic E-state index is 9.93. The molecule has 0 radical (unpaired) electrons. The standard InChI is InChI=1S/C13H21NOS/c1-3-16-10-11(2)14-9-13(15)12-7-5-4-6-8-12/h4-8,11,13-15H,3,9-10H2,1-2H3. The lowest BCUT2D eigenvalue weighted by atomic mass is 10.1. The second-order valence-electron chi connectivity index (χ2n) is 3.90. The molecule has 2 N–H and O–H groups in total. The van der Waals surface area contributed by atoms with Gasteiger partial charge in [0.25, 0.3) is 0 Å². The molecule has 2 unspecified atom stereocenters. The van der Waals surface area contributed by atoms with Crippen molar-refractivity contribution in [1.29, 1.82) is 0 Å². The molecular formula is C13H21NOS. The van der Waals surface area contributed by atoms with Gasteiger partial charge in [-0.3, -0.25) is 0 Å². The molecule has 0 amide bonds. The molecule has 0 bridgehead atoms. The van der Waals surface area contributed by atoms with E-state index in [1.165, 1.54) is 0 Å². The van der Waals surface area contributed by atoms with Crippen molar-refractivity contribution >= 4 is 11.8 Å². The first-order valence-electron chi connectivity index (χ1n) is 5.78. The van der Waals surface area contributed by atoms with E-state index >= 15 is 0 Å². The molecule has 1 aromatic carbocycles. The van der Waals surface area contributed by atoms with E-state index in [4.69, 9.17) is 0 Å². The predicted molar refractivity (Wildman–Crippen MR) is 71.9 cm³/mol. The van der Waals surface area contributed by atoms with E-state index in [2.05, 4.69) is 19.2 Å². The fraction of sp³-hybridized carbons (Fsp3) is 0.538. The normalized spacial score (nSPS) is 14.7. The number of thioether (sulfide) groups is 1. The highest BCUT2D eigenvalue weighted by molar-refractivity contribution is 7.99. The molecule has 2 nitrogen and oxygen atoms in total. The molecular weight excluding hydrogens is 218 g/mol. The summed E-state index contributed by atoms with van der Waals surface area (Å²) in [5.74, 6) is 2.24. The van der Waals surface area contributed by atoms with E-state index in [1.54, 1.807) is 0 Å². The molecule has 0 aliphatic rings. The fourth-order valence-corrected chi connectivity index (χ4v) is 2.17. The van der Waals surface area contributed by atoms with Crippen LogP contribution in [-0.4, -0.2) is 29.2 Å². The van der Waals surface area contributed by atoms with Gasteiger partial charge in [-0.25, -0.2) is 0 Å². The van der Waals surface area contributed by atoms with Crippen LogP contribution >= 0.6 is 11.8 Å². The van der Waals surface area contributed by atoms with E-state index in [1.807, 2.05) is 42.1 Å². The van der Waals surface area contributed by atoms with Gasteiger partial charge in [0, 0.05) is 18.3 Å². The van der Waals surface area contributed by atoms with Gasteiger partial charge in [-0.1, -0.05) is 37.3 Å². The topological polar surface area (TPSA) is 32.3 Å². The molecule has 0 saturated heterocycles. The quantitative estimate of drug-likeness (QED) is 0.766. The van der Waals surface area contributed by atoms with Gasteiger partial charge in [-0.15, -0.1) is 0 Å². The molecule has 0 aliphatic carbocycles. The van der Waals surface area contributed by atoms with Crippen LogP contribution in [0.1, 0.15) is 25.5 Å². The van der Waals surface area contributed by atoms with Crippen molar-refractivity contribution in [3.05, 3.63) is 35.9 Å². The second-order valence-corrected chi connectivity index (χ2v) is 5.21. The molecule has 0 spiro atoms. The number of aliphatic hydroxyl groups excluding tert-OH is 1. The zero-order valence-corrected chi connectivity index (χ0v) is 10.8. The van der Waals surface area contributed by atoms with Crippen LogP contribution in [0.25, 0.3) is 0 Å². The summed E-state index contributed by atoms with van der Waals surface area (Å²) in [5.41, 5.74) is 0.977. The van der Waals surface area contributed by atoms with Gasteiger partial charge in [-0.05, 0) is 18.2 Å². The third kappa shape index (κ3) is 5.01. The molecule has 0 saturated carbocycles. The maximum Gasteiger partial charge on any atom is 0.0914 e. The van der Waals surface area contributed by atoms with Crippen LogP contribution in [-0.2, 0) is 0 Å². The Morgan fingerprint density at radius 2 is 2.00 bits per heavy atom. The lowest BCUT2D eigenvalue weighted by Crippen LogP contribution is -2.32. The minimum Gasteiger partial charge on any atom is -0.387 e. The lowest BCUT2D eigenvalue weighted by molar-refractivity contribution is 0.172. The first kappa shape index (κ1) is 13.6. The molecule has 90 valence electrons. The fourth-order valence-electron chi connectivity index (χ4n) is 1.46. The number of hydrogen-bond donors (Lipinski definition) is 2. The van der Waals surface area contributed by atoms with Crippen molar-refractivity contribution < 1.29 is 5.11 Å². The summed E-state index contributed by atoms with van der Waals surface area (Å²) in [6.07, 6.45) is -0.407. The van der Waals surface area contributed by atoms with Crippen LogP contribution in [0.2, 0.25) is 0 Å². The van der Waals surface area contributed by atoms with Crippen molar-refractivity contribution in [3.63, 3.8) is 0 Å². The first-order chi connectivity index (χ1) is 7.74. The Labute approximate surface area is 102 Å². The summed E-state index contributed by atoms with van der Waals surface area (Å²) in [6, 6.07) is 10.2. The Balaban J connectivity index is 2.27. The van der Waals surface area contributed by atoms with Gasteiger partial charge in [0.1, 0.15) is 0 Å². The van der Waals surface area contributed by atoms with Gasteiger partial charge in [0.05, 0.1) is 6.10 Å². The zero-order chi connectivity index (χ0) is 11.8. The SMILES string of the molecule is CCSCC(C)NCC(O)c1ccccc1. The number of rotatable bonds is 7. The van der Waals surface area contributed by atoms with Crippen LogP contribution in [0.4, 0.5) is 0 Å². The van der Waals surface area contributed by atoms with Gasteiger partial charge in [0.15, 0.2) is 0 Å².